The second-order valence-corrected chi connectivity index (χ2v) is 5.18. The SMILES string of the molecule is Cc1cc(C(N)c2cncc(F)c2)cc(C)c1Br. The summed E-state index contributed by atoms with van der Waals surface area (Å²) in [7, 11) is 0. The maximum atomic E-state index is 13.1. The molecule has 1 aromatic carbocycles. The number of rotatable bonds is 2. The highest BCUT2D eigenvalue weighted by molar-refractivity contribution is 9.10. The lowest BCUT2D eigenvalue weighted by molar-refractivity contribution is 0.616. The number of nitrogens with two attached hydrogens (primary N) is 1. The van der Waals surface area contributed by atoms with Gasteiger partial charge < -0.3 is 5.73 Å². The van der Waals surface area contributed by atoms with E-state index in [0.29, 0.717) is 5.56 Å². The Hall–Kier alpha value is -1.26. The van der Waals surface area contributed by atoms with Crippen molar-refractivity contribution in [3.63, 3.8) is 0 Å². The summed E-state index contributed by atoms with van der Waals surface area (Å²) in [6.45, 7) is 4.02. The van der Waals surface area contributed by atoms with Gasteiger partial charge in [-0.15, -0.1) is 0 Å². The summed E-state index contributed by atoms with van der Waals surface area (Å²) in [4.78, 5) is 3.83. The van der Waals surface area contributed by atoms with Gasteiger partial charge in [-0.3, -0.25) is 4.98 Å². The molecule has 0 aliphatic carbocycles. The summed E-state index contributed by atoms with van der Waals surface area (Å²) < 4.78 is 14.2. The van der Waals surface area contributed by atoms with Crippen LogP contribution in [-0.2, 0) is 0 Å². The number of pyridine rings is 1. The van der Waals surface area contributed by atoms with Crippen molar-refractivity contribution in [2.24, 2.45) is 5.73 Å². The number of nitrogens with zero attached hydrogens (tertiary/aromatic N) is 1. The van der Waals surface area contributed by atoms with Crippen LogP contribution in [0.15, 0.2) is 35.1 Å². The fourth-order valence-electron chi connectivity index (χ4n) is 1.95. The monoisotopic (exact) mass is 308 g/mol. The van der Waals surface area contributed by atoms with Crippen LogP contribution in [-0.4, -0.2) is 4.98 Å². The molecule has 94 valence electrons. The summed E-state index contributed by atoms with van der Waals surface area (Å²) in [6, 6.07) is 5.07. The molecule has 2 N–H and O–H groups in total. The van der Waals surface area contributed by atoms with Gasteiger partial charge in [-0.2, -0.15) is 0 Å². The number of aromatic nitrogens is 1. The molecule has 0 saturated heterocycles. The first-order valence-electron chi connectivity index (χ1n) is 5.61. The molecule has 0 fully saturated rings. The third-order valence-electron chi connectivity index (χ3n) is 2.90. The molecule has 0 aliphatic rings. The van der Waals surface area contributed by atoms with E-state index in [1.54, 1.807) is 6.20 Å². The van der Waals surface area contributed by atoms with Gasteiger partial charge in [0.25, 0.3) is 0 Å². The molecule has 18 heavy (non-hydrogen) atoms. The first-order chi connectivity index (χ1) is 8.49. The molecule has 0 bridgehead atoms. The summed E-state index contributed by atoms with van der Waals surface area (Å²) >= 11 is 3.52. The third-order valence-corrected chi connectivity index (χ3v) is 4.15. The lowest BCUT2D eigenvalue weighted by Gasteiger charge is -2.15. The molecular formula is C14H14BrFN2. The predicted molar refractivity (Wildman–Crippen MR) is 73.8 cm³/mol. The number of hydrogen-bond acceptors (Lipinski definition) is 2. The first kappa shape index (κ1) is 13.2. The molecular weight excluding hydrogens is 295 g/mol. The zero-order valence-corrected chi connectivity index (χ0v) is 11.8. The van der Waals surface area contributed by atoms with E-state index in [2.05, 4.69) is 20.9 Å². The Morgan fingerprint density at radius 3 is 2.28 bits per heavy atom. The van der Waals surface area contributed by atoms with Crippen molar-refractivity contribution in [1.29, 1.82) is 0 Å². The average molecular weight is 309 g/mol. The maximum absolute atomic E-state index is 13.1. The van der Waals surface area contributed by atoms with Crippen LogP contribution in [0.2, 0.25) is 0 Å². The summed E-state index contributed by atoms with van der Waals surface area (Å²) in [5, 5.41) is 0. The van der Waals surface area contributed by atoms with E-state index < -0.39 is 0 Å². The Balaban J connectivity index is 2.43. The quantitative estimate of drug-likeness (QED) is 0.919. The van der Waals surface area contributed by atoms with E-state index in [-0.39, 0.29) is 11.9 Å². The van der Waals surface area contributed by atoms with Crippen LogP contribution in [0.25, 0.3) is 0 Å². The van der Waals surface area contributed by atoms with Gasteiger partial charge in [-0.25, -0.2) is 4.39 Å². The highest BCUT2D eigenvalue weighted by atomic mass is 79.9. The Kier molecular flexibility index (Phi) is 3.78. The molecule has 0 spiro atoms. The van der Waals surface area contributed by atoms with Gasteiger partial charge in [0.15, 0.2) is 0 Å². The topological polar surface area (TPSA) is 38.9 Å². The Labute approximate surface area is 114 Å². The Morgan fingerprint density at radius 2 is 1.72 bits per heavy atom. The smallest absolute Gasteiger partial charge is 0.141 e. The van der Waals surface area contributed by atoms with Crippen molar-refractivity contribution in [3.8, 4) is 0 Å². The summed E-state index contributed by atoms with van der Waals surface area (Å²) in [5.41, 5.74) is 10.0. The number of hydrogen-bond donors (Lipinski definition) is 1. The maximum Gasteiger partial charge on any atom is 0.141 e. The Morgan fingerprint density at radius 1 is 1.11 bits per heavy atom. The second-order valence-electron chi connectivity index (χ2n) is 4.38. The fourth-order valence-corrected chi connectivity index (χ4v) is 2.18. The summed E-state index contributed by atoms with van der Waals surface area (Å²) in [5.74, 6) is -0.367. The third kappa shape index (κ3) is 2.60. The minimum absolute atomic E-state index is 0.362. The van der Waals surface area contributed by atoms with Crippen LogP contribution >= 0.6 is 15.9 Å². The van der Waals surface area contributed by atoms with Crippen molar-refractivity contribution < 1.29 is 4.39 Å². The van der Waals surface area contributed by atoms with Crippen molar-refractivity contribution in [1.82, 2.24) is 4.98 Å². The molecule has 0 radical (unpaired) electrons. The normalized spacial score (nSPS) is 12.5. The van der Waals surface area contributed by atoms with Gasteiger partial charge in [0.1, 0.15) is 5.82 Å². The number of benzene rings is 1. The van der Waals surface area contributed by atoms with Crippen LogP contribution in [0.5, 0.6) is 0 Å². The molecule has 0 aliphatic heterocycles. The molecule has 1 heterocycles. The summed E-state index contributed by atoms with van der Waals surface area (Å²) in [6.07, 6.45) is 2.77. The molecule has 0 amide bonds. The minimum Gasteiger partial charge on any atom is -0.320 e. The molecule has 2 nitrogen and oxygen atoms in total. The molecule has 1 unspecified atom stereocenters. The van der Waals surface area contributed by atoms with Crippen LogP contribution in [0.3, 0.4) is 0 Å². The second kappa shape index (κ2) is 5.16. The van der Waals surface area contributed by atoms with Gasteiger partial charge in [0.2, 0.25) is 0 Å². The van der Waals surface area contributed by atoms with Gasteiger partial charge in [-0.05, 0) is 42.2 Å². The molecule has 1 aromatic heterocycles. The van der Waals surface area contributed by atoms with Crippen molar-refractivity contribution in [2.45, 2.75) is 19.9 Å². The number of halogens is 2. The van der Waals surface area contributed by atoms with E-state index in [1.807, 2.05) is 26.0 Å². The van der Waals surface area contributed by atoms with Crippen molar-refractivity contribution >= 4 is 15.9 Å². The molecule has 1 atom stereocenters. The van der Waals surface area contributed by atoms with Crippen molar-refractivity contribution in [2.75, 3.05) is 0 Å². The lowest BCUT2D eigenvalue weighted by atomic mass is 9.97. The molecule has 2 rings (SSSR count). The van der Waals surface area contributed by atoms with E-state index in [4.69, 9.17) is 5.73 Å². The fraction of sp³-hybridized carbons (Fsp3) is 0.214. The van der Waals surface area contributed by atoms with Gasteiger partial charge >= 0.3 is 0 Å². The van der Waals surface area contributed by atoms with Crippen LogP contribution in [0.1, 0.15) is 28.3 Å². The zero-order chi connectivity index (χ0) is 13.3. The lowest BCUT2D eigenvalue weighted by Crippen LogP contribution is -2.13. The van der Waals surface area contributed by atoms with Crippen molar-refractivity contribution in [3.05, 3.63) is 63.1 Å². The van der Waals surface area contributed by atoms with Crippen LogP contribution in [0.4, 0.5) is 4.39 Å². The van der Waals surface area contributed by atoms with Crippen LogP contribution in [0, 0.1) is 19.7 Å². The van der Waals surface area contributed by atoms with Gasteiger partial charge in [0.05, 0.1) is 12.2 Å². The van der Waals surface area contributed by atoms with E-state index >= 15 is 0 Å². The minimum atomic E-state index is -0.367. The highest BCUT2D eigenvalue weighted by Crippen LogP contribution is 2.27. The predicted octanol–water partition coefficient (Wildman–Crippen LogP) is 3.65. The molecule has 0 saturated carbocycles. The zero-order valence-electron chi connectivity index (χ0n) is 10.2. The molecule has 2 aromatic rings. The van der Waals surface area contributed by atoms with E-state index in [1.165, 1.54) is 12.3 Å². The molecule has 4 heteroatoms. The van der Waals surface area contributed by atoms with E-state index in [0.717, 1.165) is 21.2 Å². The van der Waals surface area contributed by atoms with E-state index in [9.17, 15) is 4.39 Å². The Bertz CT molecular complexity index is 561. The largest absolute Gasteiger partial charge is 0.320 e. The van der Waals surface area contributed by atoms with Crippen LogP contribution < -0.4 is 5.73 Å². The van der Waals surface area contributed by atoms with Gasteiger partial charge in [0, 0.05) is 10.7 Å². The standard InChI is InChI=1S/C14H14BrFN2/c1-8-3-10(4-9(2)13(8)15)14(17)11-5-12(16)7-18-6-11/h3-7,14H,17H2,1-2H3. The number of aryl methyl sites for hydroxylation is 2. The van der Waals surface area contributed by atoms with Gasteiger partial charge in [-0.1, -0.05) is 28.1 Å². The highest BCUT2D eigenvalue weighted by Gasteiger charge is 2.12. The first-order valence-corrected chi connectivity index (χ1v) is 6.41. The average Bonchev–Trinajstić information content (AvgIpc) is 2.34.